The first-order valence-electron chi connectivity index (χ1n) is 9.22. The van der Waals surface area contributed by atoms with Gasteiger partial charge in [-0.1, -0.05) is 82.7 Å². The van der Waals surface area contributed by atoms with Crippen molar-refractivity contribution < 1.29 is 14.3 Å². The van der Waals surface area contributed by atoms with Crippen molar-refractivity contribution in [1.29, 1.82) is 0 Å². The van der Waals surface area contributed by atoms with Gasteiger partial charge in [0.2, 0.25) is 5.91 Å². The number of amides is 2. The Labute approximate surface area is 178 Å². The first-order chi connectivity index (χ1) is 14.1. The number of nitrogens with one attached hydrogen (secondary N) is 2. The van der Waals surface area contributed by atoms with Gasteiger partial charge < -0.3 is 4.74 Å². The van der Waals surface area contributed by atoms with E-state index in [2.05, 4.69) is 26.8 Å². The Hall–Kier alpha value is -3.12. The van der Waals surface area contributed by atoms with E-state index in [1.165, 1.54) is 0 Å². The monoisotopic (exact) mass is 452 g/mol. The fourth-order valence-electron chi connectivity index (χ4n) is 2.78. The van der Waals surface area contributed by atoms with E-state index in [-0.39, 0.29) is 18.9 Å². The maximum atomic E-state index is 12.0. The molecule has 0 aliphatic rings. The largest absolute Gasteiger partial charge is 0.483 e. The van der Waals surface area contributed by atoms with Crippen molar-refractivity contribution in [2.24, 2.45) is 0 Å². The lowest BCUT2D eigenvalue weighted by Gasteiger charge is -2.12. The van der Waals surface area contributed by atoms with Crippen molar-refractivity contribution in [2.45, 2.75) is 12.8 Å². The van der Waals surface area contributed by atoms with Crippen molar-refractivity contribution in [1.82, 2.24) is 10.9 Å². The highest BCUT2D eigenvalue weighted by Crippen LogP contribution is 2.29. The van der Waals surface area contributed by atoms with Crippen molar-refractivity contribution in [3.63, 3.8) is 0 Å². The number of ether oxygens (including phenoxy) is 1. The summed E-state index contributed by atoms with van der Waals surface area (Å²) in [6, 6.07) is 25.0. The summed E-state index contributed by atoms with van der Waals surface area (Å²) in [7, 11) is 0. The minimum Gasteiger partial charge on any atom is -0.483 e. The molecular formula is C23H21BrN2O3. The molecule has 6 heteroatoms. The Bertz CT molecular complexity index is 977. The molecule has 0 aromatic heterocycles. The summed E-state index contributed by atoms with van der Waals surface area (Å²) in [5.41, 5.74) is 7.75. The number of para-hydroxylation sites is 1. The molecule has 0 radical (unpaired) electrons. The van der Waals surface area contributed by atoms with Crippen LogP contribution in [0.5, 0.6) is 5.75 Å². The van der Waals surface area contributed by atoms with Gasteiger partial charge in [0.05, 0.1) is 0 Å². The third-order valence-electron chi connectivity index (χ3n) is 4.25. The average molecular weight is 453 g/mol. The van der Waals surface area contributed by atoms with Crippen LogP contribution in [0.3, 0.4) is 0 Å². The highest BCUT2D eigenvalue weighted by atomic mass is 79.9. The molecule has 29 heavy (non-hydrogen) atoms. The van der Waals surface area contributed by atoms with Gasteiger partial charge in [-0.15, -0.1) is 0 Å². The van der Waals surface area contributed by atoms with Crippen molar-refractivity contribution in [3.05, 3.63) is 88.9 Å². The molecule has 3 rings (SSSR count). The molecule has 0 fully saturated rings. The number of carbonyl (C=O) groups is 2. The van der Waals surface area contributed by atoms with E-state index in [9.17, 15) is 9.59 Å². The van der Waals surface area contributed by atoms with Crippen LogP contribution in [0.2, 0.25) is 0 Å². The molecule has 0 atom stereocenters. The van der Waals surface area contributed by atoms with Crippen molar-refractivity contribution in [3.8, 4) is 16.9 Å². The minimum atomic E-state index is -0.429. The number of hydrazine groups is 1. The molecule has 5 nitrogen and oxygen atoms in total. The molecule has 2 amide bonds. The van der Waals surface area contributed by atoms with E-state index in [1.807, 2.05) is 78.9 Å². The number of carbonyl (C=O) groups excluding carboxylic acids is 2. The normalized spacial score (nSPS) is 10.2. The second-order valence-corrected chi connectivity index (χ2v) is 7.19. The summed E-state index contributed by atoms with van der Waals surface area (Å²) < 4.78 is 6.62. The first-order valence-corrected chi connectivity index (χ1v) is 10.0. The van der Waals surface area contributed by atoms with Crippen LogP contribution in [0, 0.1) is 0 Å². The summed E-state index contributed by atoms with van der Waals surface area (Å²) in [6.07, 6.45) is 0.838. The molecule has 0 saturated carbocycles. The van der Waals surface area contributed by atoms with Crippen LogP contribution in [0.4, 0.5) is 0 Å². The molecule has 0 aliphatic heterocycles. The highest BCUT2D eigenvalue weighted by molar-refractivity contribution is 9.10. The molecule has 0 unspecified atom stereocenters. The maximum absolute atomic E-state index is 12.0. The number of aryl methyl sites for hydroxylation is 1. The molecule has 0 saturated heterocycles. The quantitative estimate of drug-likeness (QED) is 0.525. The van der Waals surface area contributed by atoms with Crippen LogP contribution < -0.4 is 15.6 Å². The van der Waals surface area contributed by atoms with Crippen molar-refractivity contribution >= 4 is 27.7 Å². The molecule has 0 heterocycles. The predicted octanol–water partition coefficient (Wildman–Crippen LogP) is 4.28. The molecule has 3 aromatic rings. The van der Waals surface area contributed by atoms with Gasteiger partial charge in [0, 0.05) is 16.5 Å². The van der Waals surface area contributed by atoms with Gasteiger partial charge in [0.1, 0.15) is 5.75 Å². The molecule has 2 N–H and O–H groups in total. The van der Waals surface area contributed by atoms with E-state index in [4.69, 9.17) is 4.74 Å². The fraction of sp³-hybridized carbons (Fsp3) is 0.130. The predicted molar refractivity (Wildman–Crippen MR) is 116 cm³/mol. The van der Waals surface area contributed by atoms with Crippen LogP contribution in [0.1, 0.15) is 12.0 Å². The number of halogens is 1. The number of hydrogen-bond acceptors (Lipinski definition) is 3. The van der Waals surface area contributed by atoms with Gasteiger partial charge in [0.15, 0.2) is 6.61 Å². The van der Waals surface area contributed by atoms with E-state index >= 15 is 0 Å². The van der Waals surface area contributed by atoms with Gasteiger partial charge >= 0.3 is 0 Å². The van der Waals surface area contributed by atoms with Crippen LogP contribution >= 0.6 is 15.9 Å². The lowest BCUT2D eigenvalue weighted by Crippen LogP contribution is -2.43. The van der Waals surface area contributed by atoms with E-state index in [0.29, 0.717) is 12.2 Å². The third kappa shape index (κ3) is 6.19. The summed E-state index contributed by atoms with van der Waals surface area (Å²) in [5, 5.41) is 0. The average Bonchev–Trinajstić information content (AvgIpc) is 2.76. The van der Waals surface area contributed by atoms with Gasteiger partial charge in [-0.3, -0.25) is 20.4 Å². The minimum absolute atomic E-state index is 0.200. The van der Waals surface area contributed by atoms with Crippen LogP contribution in [0.25, 0.3) is 11.1 Å². The first kappa shape index (κ1) is 20.6. The smallest absolute Gasteiger partial charge is 0.276 e. The van der Waals surface area contributed by atoms with Gasteiger partial charge in [-0.25, -0.2) is 0 Å². The Morgan fingerprint density at radius 3 is 2.24 bits per heavy atom. The second kappa shape index (κ2) is 10.4. The lowest BCUT2D eigenvalue weighted by atomic mass is 10.1. The number of hydrogen-bond donors (Lipinski definition) is 2. The molecule has 0 bridgehead atoms. The summed E-state index contributed by atoms with van der Waals surface area (Å²) in [4.78, 5) is 24.0. The van der Waals surface area contributed by atoms with Gasteiger partial charge in [0.25, 0.3) is 5.91 Å². The standard InChI is InChI=1S/C23H21BrN2O3/c24-20-12-6-4-10-18(20)14-15-22(27)25-26-23(28)16-29-21-13-7-5-11-19(21)17-8-2-1-3-9-17/h1-13H,14-16H2,(H,25,27)(H,26,28). The summed E-state index contributed by atoms with van der Waals surface area (Å²) in [5.74, 6) is -0.0880. The molecule has 0 aliphatic carbocycles. The van der Waals surface area contributed by atoms with Crippen LogP contribution in [0.15, 0.2) is 83.3 Å². The summed E-state index contributed by atoms with van der Waals surface area (Å²) in [6.45, 7) is -0.200. The SMILES string of the molecule is O=C(CCc1ccccc1Br)NNC(=O)COc1ccccc1-c1ccccc1. The zero-order valence-electron chi connectivity index (χ0n) is 15.7. The molecule has 148 valence electrons. The second-order valence-electron chi connectivity index (χ2n) is 6.34. The molecule has 0 spiro atoms. The maximum Gasteiger partial charge on any atom is 0.276 e. The fourth-order valence-corrected chi connectivity index (χ4v) is 3.26. The zero-order valence-corrected chi connectivity index (χ0v) is 17.3. The van der Waals surface area contributed by atoms with E-state index in [1.54, 1.807) is 0 Å². The lowest BCUT2D eigenvalue weighted by molar-refractivity contribution is -0.130. The van der Waals surface area contributed by atoms with Gasteiger partial charge in [-0.05, 0) is 29.7 Å². The van der Waals surface area contributed by atoms with Gasteiger partial charge in [-0.2, -0.15) is 0 Å². The highest BCUT2D eigenvalue weighted by Gasteiger charge is 2.10. The van der Waals surface area contributed by atoms with E-state index < -0.39 is 5.91 Å². The van der Waals surface area contributed by atoms with Crippen molar-refractivity contribution in [2.75, 3.05) is 6.61 Å². The zero-order chi connectivity index (χ0) is 20.5. The van der Waals surface area contributed by atoms with E-state index in [0.717, 1.165) is 21.2 Å². The topological polar surface area (TPSA) is 67.4 Å². The van der Waals surface area contributed by atoms with Crippen LogP contribution in [-0.4, -0.2) is 18.4 Å². The Morgan fingerprint density at radius 1 is 0.793 bits per heavy atom. The Kier molecular flexibility index (Phi) is 7.41. The number of rotatable bonds is 7. The summed E-state index contributed by atoms with van der Waals surface area (Å²) >= 11 is 3.46. The third-order valence-corrected chi connectivity index (χ3v) is 5.02. The van der Waals surface area contributed by atoms with Crippen LogP contribution in [-0.2, 0) is 16.0 Å². The Morgan fingerprint density at radius 2 is 1.45 bits per heavy atom. The molecule has 3 aromatic carbocycles. The number of benzene rings is 3. The molecular weight excluding hydrogens is 432 g/mol. The Balaban J connectivity index is 1.46.